The molecule has 0 amide bonds. The molecule has 1 aromatic carbocycles. The SMILES string of the molecule is CC(=Nc1c(C)cc(O)cc1C)C1C=CC=N1. The molecule has 0 radical (unpaired) electrons. The van der Waals surface area contributed by atoms with Crippen molar-refractivity contribution in [3.05, 3.63) is 35.4 Å². The second kappa shape index (κ2) is 4.53. The largest absolute Gasteiger partial charge is 0.508 e. The van der Waals surface area contributed by atoms with Crippen LogP contribution in [0, 0.1) is 13.8 Å². The predicted octanol–water partition coefficient (Wildman–Crippen LogP) is 3.11. The Bertz CT molecular complexity index is 492. The van der Waals surface area contributed by atoms with E-state index in [1.807, 2.05) is 32.9 Å². The van der Waals surface area contributed by atoms with Gasteiger partial charge < -0.3 is 5.11 Å². The third kappa shape index (κ3) is 2.44. The molecule has 0 spiro atoms. The summed E-state index contributed by atoms with van der Waals surface area (Å²) < 4.78 is 0. The zero-order chi connectivity index (χ0) is 12.4. The molecule has 1 heterocycles. The highest BCUT2D eigenvalue weighted by Crippen LogP contribution is 2.28. The number of phenols is 1. The molecule has 1 atom stereocenters. The van der Waals surface area contributed by atoms with Crippen molar-refractivity contribution < 1.29 is 5.11 Å². The lowest BCUT2D eigenvalue weighted by Gasteiger charge is -2.09. The Morgan fingerprint density at radius 2 is 1.94 bits per heavy atom. The molecular weight excluding hydrogens is 212 g/mol. The van der Waals surface area contributed by atoms with Gasteiger partial charge in [-0.2, -0.15) is 0 Å². The molecule has 0 aliphatic carbocycles. The van der Waals surface area contributed by atoms with Crippen LogP contribution in [0.25, 0.3) is 0 Å². The third-order valence-electron chi connectivity index (χ3n) is 2.82. The van der Waals surface area contributed by atoms with E-state index in [0.29, 0.717) is 0 Å². The van der Waals surface area contributed by atoms with Crippen LogP contribution in [-0.4, -0.2) is 23.1 Å². The van der Waals surface area contributed by atoms with Crippen molar-refractivity contribution in [2.24, 2.45) is 9.98 Å². The molecule has 0 aromatic heterocycles. The zero-order valence-corrected chi connectivity index (χ0v) is 10.3. The Kier molecular flexibility index (Phi) is 3.09. The fourth-order valence-corrected chi connectivity index (χ4v) is 1.95. The van der Waals surface area contributed by atoms with Crippen molar-refractivity contribution >= 4 is 17.6 Å². The summed E-state index contributed by atoms with van der Waals surface area (Å²) in [5, 5.41) is 9.48. The molecule has 2 rings (SSSR count). The Morgan fingerprint density at radius 3 is 2.47 bits per heavy atom. The number of aryl methyl sites for hydroxylation is 2. The fraction of sp³-hybridized carbons (Fsp3) is 0.286. The molecule has 3 nitrogen and oxygen atoms in total. The van der Waals surface area contributed by atoms with Gasteiger partial charge in [-0.05, 0) is 50.1 Å². The second-order valence-electron chi connectivity index (χ2n) is 4.31. The number of nitrogens with zero attached hydrogens (tertiary/aromatic N) is 2. The van der Waals surface area contributed by atoms with Crippen molar-refractivity contribution in [3.8, 4) is 5.75 Å². The highest BCUT2D eigenvalue weighted by molar-refractivity contribution is 5.95. The van der Waals surface area contributed by atoms with Crippen LogP contribution in [0.3, 0.4) is 0 Å². The van der Waals surface area contributed by atoms with E-state index in [1.165, 1.54) is 0 Å². The number of hydrogen-bond donors (Lipinski definition) is 1. The van der Waals surface area contributed by atoms with Crippen LogP contribution in [0.4, 0.5) is 5.69 Å². The summed E-state index contributed by atoms with van der Waals surface area (Å²) in [7, 11) is 0. The molecule has 17 heavy (non-hydrogen) atoms. The van der Waals surface area contributed by atoms with Crippen molar-refractivity contribution in [2.45, 2.75) is 26.8 Å². The van der Waals surface area contributed by atoms with E-state index in [2.05, 4.69) is 9.98 Å². The molecule has 0 saturated heterocycles. The Labute approximate surface area is 101 Å². The van der Waals surface area contributed by atoms with Crippen LogP contribution in [0.5, 0.6) is 5.75 Å². The fourth-order valence-electron chi connectivity index (χ4n) is 1.95. The van der Waals surface area contributed by atoms with Crippen molar-refractivity contribution in [1.82, 2.24) is 0 Å². The van der Waals surface area contributed by atoms with Crippen LogP contribution >= 0.6 is 0 Å². The second-order valence-corrected chi connectivity index (χ2v) is 4.31. The molecule has 3 heteroatoms. The summed E-state index contributed by atoms with van der Waals surface area (Å²) >= 11 is 0. The van der Waals surface area contributed by atoms with Crippen molar-refractivity contribution in [2.75, 3.05) is 0 Å². The minimum Gasteiger partial charge on any atom is -0.508 e. The lowest BCUT2D eigenvalue weighted by atomic mass is 10.1. The van der Waals surface area contributed by atoms with E-state index in [0.717, 1.165) is 22.5 Å². The van der Waals surface area contributed by atoms with Gasteiger partial charge in [0, 0.05) is 11.9 Å². The monoisotopic (exact) mass is 228 g/mol. The van der Waals surface area contributed by atoms with Gasteiger partial charge in [0.15, 0.2) is 0 Å². The molecule has 0 bridgehead atoms. The Hall–Kier alpha value is -1.90. The lowest BCUT2D eigenvalue weighted by molar-refractivity contribution is 0.474. The number of hydrogen-bond acceptors (Lipinski definition) is 3. The van der Waals surface area contributed by atoms with E-state index in [-0.39, 0.29) is 11.8 Å². The molecule has 1 N–H and O–H groups in total. The first-order chi connectivity index (χ1) is 8.08. The number of aliphatic imine (C=N–C) groups is 2. The number of aromatic hydroxyl groups is 1. The highest BCUT2D eigenvalue weighted by Gasteiger charge is 2.10. The third-order valence-corrected chi connectivity index (χ3v) is 2.82. The molecule has 0 fully saturated rings. The molecule has 1 aliphatic heterocycles. The van der Waals surface area contributed by atoms with Crippen LogP contribution in [0.2, 0.25) is 0 Å². The number of phenolic OH excluding ortho intramolecular Hbond substituents is 1. The van der Waals surface area contributed by atoms with E-state index < -0.39 is 0 Å². The van der Waals surface area contributed by atoms with Gasteiger partial charge in [0.2, 0.25) is 0 Å². The smallest absolute Gasteiger partial charge is 0.116 e. The van der Waals surface area contributed by atoms with E-state index >= 15 is 0 Å². The van der Waals surface area contributed by atoms with Crippen LogP contribution in [0.15, 0.2) is 34.3 Å². The minimum atomic E-state index is 0.0580. The lowest BCUT2D eigenvalue weighted by Crippen LogP contribution is -2.09. The standard InChI is InChI=1S/C14H16N2O/c1-9-7-12(17)8-10(2)14(9)16-11(3)13-5-4-6-15-13/h4-8,13,17H,1-3H3. The Balaban J connectivity index is 2.38. The van der Waals surface area contributed by atoms with E-state index in [9.17, 15) is 5.11 Å². The molecule has 1 unspecified atom stereocenters. The molecular formula is C14H16N2O. The van der Waals surface area contributed by atoms with Crippen LogP contribution < -0.4 is 0 Å². The number of allylic oxidation sites excluding steroid dienone is 1. The maximum Gasteiger partial charge on any atom is 0.116 e. The van der Waals surface area contributed by atoms with Crippen molar-refractivity contribution in [1.29, 1.82) is 0 Å². The predicted molar refractivity (Wildman–Crippen MR) is 71.8 cm³/mol. The van der Waals surface area contributed by atoms with E-state index in [4.69, 9.17) is 0 Å². The molecule has 0 saturated carbocycles. The van der Waals surface area contributed by atoms with Gasteiger partial charge >= 0.3 is 0 Å². The topological polar surface area (TPSA) is 45.0 Å². The minimum absolute atomic E-state index is 0.0580. The molecule has 1 aromatic rings. The van der Waals surface area contributed by atoms with E-state index in [1.54, 1.807) is 18.3 Å². The van der Waals surface area contributed by atoms with Gasteiger partial charge in [0.05, 0.1) is 5.69 Å². The van der Waals surface area contributed by atoms with Gasteiger partial charge in [-0.25, -0.2) is 0 Å². The zero-order valence-electron chi connectivity index (χ0n) is 10.3. The van der Waals surface area contributed by atoms with Gasteiger partial charge in [-0.3, -0.25) is 9.98 Å². The van der Waals surface area contributed by atoms with Gasteiger partial charge in [0.1, 0.15) is 11.8 Å². The quantitative estimate of drug-likeness (QED) is 0.777. The molecule has 88 valence electrons. The maximum absolute atomic E-state index is 9.48. The number of rotatable bonds is 2. The summed E-state index contributed by atoms with van der Waals surface area (Å²) in [6.07, 6.45) is 5.74. The first-order valence-electron chi connectivity index (χ1n) is 5.63. The average molecular weight is 228 g/mol. The summed E-state index contributed by atoms with van der Waals surface area (Å²) in [5.41, 5.74) is 3.85. The highest BCUT2D eigenvalue weighted by atomic mass is 16.3. The van der Waals surface area contributed by atoms with Gasteiger partial charge in [-0.15, -0.1) is 0 Å². The van der Waals surface area contributed by atoms with Crippen molar-refractivity contribution in [3.63, 3.8) is 0 Å². The summed E-state index contributed by atoms with van der Waals surface area (Å²) in [6.45, 7) is 5.88. The van der Waals surface area contributed by atoms with Crippen LogP contribution in [-0.2, 0) is 0 Å². The van der Waals surface area contributed by atoms with Gasteiger partial charge in [0.25, 0.3) is 0 Å². The summed E-state index contributed by atoms with van der Waals surface area (Å²) in [4.78, 5) is 8.91. The van der Waals surface area contributed by atoms with Crippen LogP contribution in [0.1, 0.15) is 18.1 Å². The summed E-state index contributed by atoms with van der Waals surface area (Å²) in [6, 6.07) is 3.52. The maximum atomic E-state index is 9.48. The average Bonchev–Trinajstić information content (AvgIpc) is 2.76. The first-order valence-corrected chi connectivity index (χ1v) is 5.63. The first kappa shape index (κ1) is 11.6. The summed E-state index contributed by atoms with van der Waals surface area (Å²) in [5.74, 6) is 0.287. The number of benzene rings is 1. The van der Waals surface area contributed by atoms with Gasteiger partial charge in [-0.1, -0.05) is 6.08 Å². The Morgan fingerprint density at radius 1 is 1.29 bits per heavy atom. The normalized spacial score (nSPS) is 19.0. The molecule has 1 aliphatic rings.